The van der Waals surface area contributed by atoms with Crippen LogP contribution in [0, 0.1) is 5.41 Å². The molecule has 2 fully saturated rings. The Balaban J connectivity index is 2.00. The number of carbonyl (C=O) groups excluding carboxylic acids is 3. The van der Waals surface area contributed by atoms with E-state index in [9.17, 15) is 14.4 Å². The lowest BCUT2D eigenvalue weighted by Gasteiger charge is -2.36. The van der Waals surface area contributed by atoms with Gasteiger partial charge in [-0.2, -0.15) is 0 Å². The summed E-state index contributed by atoms with van der Waals surface area (Å²) in [5.41, 5.74) is -1.97. The van der Waals surface area contributed by atoms with E-state index in [-0.39, 0.29) is 18.4 Å². The van der Waals surface area contributed by atoms with Gasteiger partial charge in [0.25, 0.3) is 0 Å². The Hall–Kier alpha value is -1.69. The highest BCUT2D eigenvalue weighted by molar-refractivity contribution is 5.97. The normalized spacial score (nSPS) is 39.7. The van der Waals surface area contributed by atoms with E-state index in [1.165, 1.54) is 13.0 Å². The van der Waals surface area contributed by atoms with E-state index in [1.807, 2.05) is 0 Å². The van der Waals surface area contributed by atoms with Crippen molar-refractivity contribution in [2.45, 2.75) is 31.5 Å². The molecule has 0 aromatic carbocycles. The lowest BCUT2D eigenvalue weighted by molar-refractivity contribution is -0.167. The highest BCUT2D eigenvalue weighted by Gasteiger charge is 2.68. The summed E-state index contributed by atoms with van der Waals surface area (Å²) in [7, 11) is 0. The van der Waals surface area contributed by atoms with Crippen molar-refractivity contribution in [3.63, 3.8) is 0 Å². The maximum Gasteiger partial charge on any atom is 0.315 e. The largest absolute Gasteiger partial charge is 0.465 e. The lowest BCUT2D eigenvalue weighted by atomic mass is 9.70. The van der Waals surface area contributed by atoms with Gasteiger partial charge in [-0.05, 0) is 12.2 Å². The highest BCUT2D eigenvalue weighted by Crippen LogP contribution is 2.55. The maximum absolute atomic E-state index is 12.1. The van der Waals surface area contributed by atoms with Gasteiger partial charge in [0.1, 0.15) is 23.7 Å². The van der Waals surface area contributed by atoms with Crippen molar-refractivity contribution in [1.29, 1.82) is 0 Å². The Kier molecular flexibility index (Phi) is 2.53. The number of hydrogen-bond acceptors (Lipinski definition) is 6. The molecule has 0 aliphatic carbocycles. The van der Waals surface area contributed by atoms with Crippen molar-refractivity contribution in [1.82, 2.24) is 0 Å². The summed E-state index contributed by atoms with van der Waals surface area (Å²) in [6, 6.07) is 0. The molecule has 0 amide bonds. The summed E-state index contributed by atoms with van der Waals surface area (Å²) in [6.07, 6.45) is 3.08. The van der Waals surface area contributed by atoms with Crippen LogP contribution in [0.4, 0.5) is 0 Å². The van der Waals surface area contributed by atoms with Gasteiger partial charge in [-0.3, -0.25) is 14.4 Å². The van der Waals surface area contributed by atoms with Gasteiger partial charge in [-0.25, -0.2) is 0 Å². The lowest BCUT2D eigenvalue weighted by Crippen LogP contribution is -2.51. The van der Waals surface area contributed by atoms with Crippen LogP contribution in [0.3, 0.4) is 0 Å². The minimum atomic E-state index is -1.06. The van der Waals surface area contributed by atoms with E-state index >= 15 is 0 Å². The zero-order valence-corrected chi connectivity index (χ0v) is 10.5. The Morgan fingerprint density at radius 3 is 2.95 bits per heavy atom. The average molecular weight is 266 g/mol. The molecule has 6 heteroatoms. The molecule has 3 atom stereocenters. The Labute approximate surface area is 109 Å². The van der Waals surface area contributed by atoms with Crippen molar-refractivity contribution >= 4 is 17.7 Å². The zero-order chi connectivity index (χ0) is 13.7. The van der Waals surface area contributed by atoms with E-state index in [0.29, 0.717) is 19.4 Å². The maximum atomic E-state index is 12.1. The van der Waals surface area contributed by atoms with Gasteiger partial charge in [0, 0.05) is 19.8 Å². The summed E-state index contributed by atoms with van der Waals surface area (Å²) in [6.45, 7) is 1.52. The molecule has 2 saturated heterocycles. The molecule has 19 heavy (non-hydrogen) atoms. The predicted molar refractivity (Wildman–Crippen MR) is 61.0 cm³/mol. The first-order valence-corrected chi connectivity index (χ1v) is 6.21. The van der Waals surface area contributed by atoms with Crippen LogP contribution < -0.4 is 0 Å². The SMILES string of the molecule is CC(=O)OC[C@@]12C=CC(=O)C(C[C@@]13CCOC3=O)O2. The van der Waals surface area contributed by atoms with Crippen LogP contribution in [-0.4, -0.2) is 42.6 Å². The number of hydrogen-bond donors (Lipinski definition) is 0. The van der Waals surface area contributed by atoms with E-state index < -0.39 is 23.1 Å². The fraction of sp³-hybridized carbons (Fsp3) is 0.615. The first kappa shape index (κ1) is 12.3. The number of fused-ring (bicyclic) bond motifs is 3. The number of ether oxygens (including phenoxy) is 3. The molecular weight excluding hydrogens is 252 g/mol. The molecule has 1 spiro atoms. The van der Waals surface area contributed by atoms with Crippen molar-refractivity contribution in [3.8, 4) is 0 Å². The number of rotatable bonds is 2. The summed E-state index contributed by atoms with van der Waals surface area (Å²) < 4.78 is 15.8. The highest BCUT2D eigenvalue weighted by atomic mass is 16.6. The Bertz CT molecular complexity index is 495. The first-order chi connectivity index (χ1) is 8.99. The van der Waals surface area contributed by atoms with Gasteiger partial charge in [0.2, 0.25) is 0 Å². The van der Waals surface area contributed by atoms with E-state index in [1.54, 1.807) is 6.08 Å². The third-order valence-electron chi connectivity index (χ3n) is 4.17. The third kappa shape index (κ3) is 1.56. The van der Waals surface area contributed by atoms with Gasteiger partial charge in [-0.1, -0.05) is 0 Å². The molecule has 0 saturated carbocycles. The van der Waals surface area contributed by atoms with Crippen molar-refractivity contribution in [3.05, 3.63) is 12.2 Å². The van der Waals surface area contributed by atoms with Crippen LogP contribution in [0.5, 0.6) is 0 Å². The van der Waals surface area contributed by atoms with Crippen molar-refractivity contribution in [2.24, 2.45) is 5.41 Å². The number of ketones is 1. The van der Waals surface area contributed by atoms with Gasteiger partial charge >= 0.3 is 11.9 Å². The number of esters is 2. The molecule has 3 heterocycles. The summed E-state index contributed by atoms with van der Waals surface area (Å²) in [4.78, 5) is 34.8. The molecule has 2 bridgehead atoms. The second-order valence-corrected chi connectivity index (χ2v) is 5.18. The molecule has 3 rings (SSSR count). The monoisotopic (exact) mass is 266 g/mol. The zero-order valence-electron chi connectivity index (χ0n) is 10.5. The molecule has 3 aliphatic heterocycles. The second kappa shape index (κ2) is 3.90. The summed E-state index contributed by atoms with van der Waals surface area (Å²) in [5.74, 6) is -0.982. The summed E-state index contributed by atoms with van der Waals surface area (Å²) in [5, 5.41) is 0. The molecule has 0 radical (unpaired) electrons. The molecule has 0 aromatic heterocycles. The second-order valence-electron chi connectivity index (χ2n) is 5.18. The summed E-state index contributed by atoms with van der Waals surface area (Å²) >= 11 is 0. The van der Waals surface area contributed by atoms with E-state index in [4.69, 9.17) is 14.2 Å². The quantitative estimate of drug-likeness (QED) is 0.662. The smallest absolute Gasteiger partial charge is 0.315 e. The molecule has 3 aliphatic rings. The predicted octanol–water partition coefficient (Wildman–Crippen LogP) is 0.149. The van der Waals surface area contributed by atoms with Gasteiger partial charge in [0.05, 0.1) is 6.61 Å². The molecular formula is C13H14O6. The van der Waals surface area contributed by atoms with Crippen LogP contribution >= 0.6 is 0 Å². The average Bonchev–Trinajstić information content (AvgIpc) is 2.86. The van der Waals surface area contributed by atoms with Gasteiger partial charge in [0.15, 0.2) is 5.78 Å². The fourth-order valence-electron chi connectivity index (χ4n) is 3.14. The molecule has 102 valence electrons. The van der Waals surface area contributed by atoms with Gasteiger partial charge < -0.3 is 14.2 Å². The molecule has 1 unspecified atom stereocenters. The van der Waals surface area contributed by atoms with Crippen molar-refractivity contribution in [2.75, 3.05) is 13.2 Å². The van der Waals surface area contributed by atoms with E-state index in [0.717, 1.165) is 0 Å². The minimum absolute atomic E-state index is 0.0717. The minimum Gasteiger partial charge on any atom is -0.465 e. The van der Waals surface area contributed by atoms with Crippen LogP contribution in [-0.2, 0) is 28.6 Å². The van der Waals surface area contributed by atoms with Crippen LogP contribution in [0.2, 0.25) is 0 Å². The van der Waals surface area contributed by atoms with Crippen LogP contribution in [0.15, 0.2) is 12.2 Å². The number of cyclic esters (lactones) is 1. The topological polar surface area (TPSA) is 78.9 Å². The fourth-order valence-corrected chi connectivity index (χ4v) is 3.14. The molecule has 6 nitrogen and oxygen atoms in total. The van der Waals surface area contributed by atoms with Crippen LogP contribution in [0.1, 0.15) is 19.8 Å². The first-order valence-electron chi connectivity index (χ1n) is 6.21. The molecule has 0 N–H and O–H groups in total. The standard InChI is InChI=1S/C13H14O6/c1-8(14)18-7-13-3-2-9(15)10(19-13)6-12(13)4-5-17-11(12)16/h2-3,10H,4-7H2,1H3/t10?,12-,13+/m1/s1. The third-order valence-corrected chi connectivity index (χ3v) is 4.17. The van der Waals surface area contributed by atoms with Crippen molar-refractivity contribution < 1.29 is 28.6 Å². The molecule has 0 aromatic rings. The van der Waals surface area contributed by atoms with Crippen LogP contribution in [0.25, 0.3) is 0 Å². The Morgan fingerprint density at radius 1 is 1.53 bits per heavy atom. The van der Waals surface area contributed by atoms with Gasteiger partial charge in [-0.15, -0.1) is 0 Å². The Morgan fingerprint density at radius 2 is 2.32 bits per heavy atom. The van der Waals surface area contributed by atoms with E-state index in [2.05, 4.69) is 0 Å². The number of carbonyl (C=O) groups is 3.